The Morgan fingerprint density at radius 2 is 1.87 bits per heavy atom. The molecule has 2 heterocycles. The Bertz CT molecular complexity index is 316. The topological polar surface area (TPSA) is 44.8 Å². The molecule has 0 radical (unpaired) electrons. The first-order valence-corrected chi connectivity index (χ1v) is 8.54. The highest BCUT2D eigenvalue weighted by Gasteiger charge is 2.26. The number of nitrogens with zero attached hydrogens (tertiary/aromatic N) is 2. The van der Waals surface area contributed by atoms with Crippen molar-refractivity contribution in [1.29, 1.82) is 0 Å². The second-order valence-corrected chi connectivity index (χ2v) is 6.24. The molecule has 1 atom stereocenters. The van der Waals surface area contributed by atoms with Gasteiger partial charge in [-0.2, -0.15) is 0 Å². The third kappa shape index (κ3) is 7.57. The first-order chi connectivity index (χ1) is 10.2. The molecule has 23 heavy (non-hydrogen) atoms. The Morgan fingerprint density at radius 3 is 2.39 bits per heavy atom. The van der Waals surface area contributed by atoms with E-state index in [2.05, 4.69) is 29.0 Å². The number of carbonyl (C=O) groups is 1. The zero-order chi connectivity index (χ0) is 15.1. The molecular weight excluding hydrogens is 337 g/mol. The van der Waals surface area contributed by atoms with Crippen molar-refractivity contribution in [2.24, 2.45) is 5.92 Å². The number of hydrogen-bond donors (Lipinski definition) is 1. The zero-order valence-electron chi connectivity index (χ0n) is 14.5. The number of carbonyl (C=O) groups excluding carboxylic acids is 1. The minimum absolute atomic E-state index is 0. The van der Waals surface area contributed by atoms with Gasteiger partial charge < -0.3 is 19.9 Å². The Hall–Kier alpha value is -0.0700. The van der Waals surface area contributed by atoms with E-state index >= 15 is 0 Å². The van der Waals surface area contributed by atoms with E-state index in [0.717, 1.165) is 58.1 Å². The van der Waals surface area contributed by atoms with E-state index in [9.17, 15) is 4.79 Å². The Morgan fingerprint density at radius 1 is 1.22 bits per heavy atom. The van der Waals surface area contributed by atoms with Gasteiger partial charge in [0.1, 0.15) is 0 Å². The van der Waals surface area contributed by atoms with Crippen LogP contribution in [0.15, 0.2) is 0 Å². The minimum atomic E-state index is 0. The maximum Gasteiger partial charge on any atom is 0.224 e. The monoisotopic (exact) mass is 369 g/mol. The van der Waals surface area contributed by atoms with Crippen molar-refractivity contribution in [3.63, 3.8) is 0 Å². The molecule has 2 fully saturated rings. The molecular formula is C16H33Cl2N3O2. The fourth-order valence-corrected chi connectivity index (χ4v) is 3.30. The van der Waals surface area contributed by atoms with E-state index in [1.165, 1.54) is 6.54 Å². The molecule has 0 aromatic carbocycles. The molecule has 1 N–H and O–H groups in total. The molecule has 1 unspecified atom stereocenters. The number of halogens is 2. The number of morpholine rings is 1. The van der Waals surface area contributed by atoms with Crippen LogP contribution in [0.2, 0.25) is 0 Å². The zero-order valence-corrected chi connectivity index (χ0v) is 16.1. The van der Waals surface area contributed by atoms with Gasteiger partial charge in [-0.05, 0) is 31.8 Å². The summed E-state index contributed by atoms with van der Waals surface area (Å²) >= 11 is 0. The van der Waals surface area contributed by atoms with Crippen molar-refractivity contribution in [1.82, 2.24) is 15.1 Å². The summed E-state index contributed by atoms with van der Waals surface area (Å²) in [4.78, 5) is 16.9. The number of rotatable bonds is 6. The summed E-state index contributed by atoms with van der Waals surface area (Å²) in [5.74, 6) is 1.05. The van der Waals surface area contributed by atoms with Crippen LogP contribution in [0.25, 0.3) is 0 Å². The van der Waals surface area contributed by atoms with Crippen molar-refractivity contribution in [2.75, 3.05) is 52.5 Å². The van der Waals surface area contributed by atoms with Gasteiger partial charge in [-0.25, -0.2) is 0 Å². The SMILES string of the molecule is CCN(CC)CC1CCN(C(=O)CC2COCCN2)CC1.Cl.Cl. The highest BCUT2D eigenvalue weighted by Crippen LogP contribution is 2.19. The van der Waals surface area contributed by atoms with Crippen LogP contribution in [0.1, 0.15) is 33.1 Å². The molecule has 0 saturated carbocycles. The Balaban J connectivity index is 0.00000242. The van der Waals surface area contributed by atoms with Gasteiger partial charge in [0.25, 0.3) is 0 Å². The summed E-state index contributed by atoms with van der Waals surface area (Å²) < 4.78 is 5.42. The van der Waals surface area contributed by atoms with Crippen LogP contribution in [0, 0.1) is 5.92 Å². The lowest BCUT2D eigenvalue weighted by Gasteiger charge is -2.35. The second-order valence-electron chi connectivity index (χ2n) is 6.24. The predicted molar refractivity (Wildman–Crippen MR) is 98.8 cm³/mol. The molecule has 5 nitrogen and oxygen atoms in total. The summed E-state index contributed by atoms with van der Waals surface area (Å²) in [7, 11) is 0. The van der Waals surface area contributed by atoms with Crippen LogP contribution in [0.4, 0.5) is 0 Å². The molecule has 7 heteroatoms. The first-order valence-electron chi connectivity index (χ1n) is 8.54. The molecule has 0 aromatic heterocycles. The maximum atomic E-state index is 12.3. The summed E-state index contributed by atoms with van der Waals surface area (Å²) in [5.41, 5.74) is 0. The predicted octanol–water partition coefficient (Wildman–Crippen LogP) is 1.79. The molecule has 0 bridgehead atoms. The van der Waals surface area contributed by atoms with Gasteiger partial charge in [-0.15, -0.1) is 24.8 Å². The Labute approximate surface area is 153 Å². The molecule has 0 spiro atoms. The average molecular weight is 370 g/mol. The number of likely N-dealkylation sites (tertiary alicyclic amines) is 1. The van der Waals surface area contributed by atoms with E-state index in [4.69, 9.17) is 4.74 Å². The fraction of sp³-hybridized carbons (Fsp3) is 0.938. The molecule has 2 aliphatic heterocycles. The van der Waals surface area contributed by atoms with Gasteiger partial charge in [0.2, 0.25) is 5.91 Å². The third-order valence-electron chi connectivity index (χ3n) is 4.80. The number of piperidine rings is 1. The first kappa shape index (κ1) is 22.9. The van der Waals surface area contributed by atoms with Gasteiger partial charge in [-0.1, -0.05) is 13.8 Å². The fourth-order valence-electron chi connectivity index (χ4n) is 3.30. The molecule has 138 valence electrons. The van der Waals surface area contributed by atoms with Crippen molar-refractivity contribution in [3.8, 4) is 0 Å². The highest BCUT2D eigenvalue weighted by atomic mass is 35.5. The van der Waals surface area contributed by atoms with Crippen molar-refractivity contribution < 1.29 is 9.53 Å². The molecule has 1 amide bonds. The van der Waals surface area contributed by atoms with Crippen LogP contribution in [0.3, 0.4) is 0 Å². The average Bonchev–Trinajstić information content (AvgIpc) is 2.54. The molecule has 2 saturated heterocycles. The second kappa shape index (κ2) is 12.3. The van der Waals surface area contributed by atoms with Crippen LogP contribution >= 0.6 is 24.8 Å². The van der Waals surface area contributed by atoms with E-state index < -0.39 is 0 Å². The molecule has 2 aliphatic rings. The summed E-state index contributed by atoms with van der Waals surface area (Å²) in [6.07, 6.45) is 2.88. The van der Waals surface area contributed by atoms with E-state index in [0.29, 0.717) is 18.9 Å². The molecule has 0 aliphatic carbocycles. The van der Waals surface area contributed by atoms with E-state index in [-0.39, 0.29) is 30.9 Å². The van der Waals surface area contributed by atoms with Crippen molar-refractivity contribution >= 4 is 30.7 Å². The lowest BCUT2D eigenvalue weighted by Crippen LogP contribution is -2.47. The van der Waals surface area contributed by atoms with Gasteiger partial charge in [-0.3, -0.25) is 4.79 Å². The van der Waals surface area contributed by atoms with Crippen molar-refractivity contribution in [2.45, 2.75) is 39.2 Å². The normalized spacial score (nSPS) is 22.4. The number of hydrogen-bond acceptors (Lipinski definition) is 4. The van der Waals surface area contributed by atoms with Gasteiger partial charge in [0, 0.05) is 38.6 Å². The van der Waals surface area contributed by atoms with Crippen LogP contribution in [-0.2, 0) is 9.53 Å². The number of ether oxygens (including phenoxy) is 1. The van der Waals surface area contributed by atoms with Crippen LogP contribution in [-0.4, -0.2) is 74.2 Å². The van der Waals surface area contributed by atoms with Crippen LogP contribution < -0.4 is 5.32 Å². The smallest absolute Gasteiger partial charge is 0.224 e. The third-order valence-corrected chi connectivity index (χ3v) is 4.80. The van der Waals surface area contributed by atoms with E-state index in [1.54, 1.807) is 0 Å². The largest absolute Gasteiger partial charge is 0.378 e. The quantitative estimate of drug-likeness (QED) is 0.774. The molecule has 0 aromatic rings. The van der Waals surface area contributed by atoms with Crippen molar-refractivity contribution in [3.05, 3.63) is 0 Å². The summed E-state index contributed by atoms with van der Waals surface area (Å²) in [6, 6.07) is 0.208. The number of nitrogens with one attached hydrogen (secondary N) is 1. The Kier molecular flexibility index (Phi) is 12.3. The number of amides is 1. The van der Waals surface area contributed by atoms with Gasteiger partial charge in [0.05, 0.1) is 13.2 Å². The minimum Gasteiger partial charge on any atom is -0.378 e. The highest BCUT2D eigenvalue weighted by molar-refractivity contribution is 5.85. The van der Waals surface area contributed by atoms with Crippen LogP contribution in [0.5, 0.6) is 0 Å². The standard InChI is InChI=1S/C16H31N3O2.2ClH/c1-3-18(4-2)12-14-5-8-19(9-6-14)16(20)11-15-13-21-10-7-17-15;;/h14-15,17H,3-13H2,1-2H3;2*1H. The maximum absolute atomic E-state index is 12.3. The van der Waals surface area contributed by atoms with Gasteiger partial charge in [0.15, 0.2) is 0 Å². The lowest BCUT2D eigenvalue weighted by atomic mass is 9.95. The van der Waals surface area contributed by atoms with Gasteiger partial charge >= 0.3 is 0 Å². The van der Waals surface area contributed by atoms with E-state index in [1.807, 2.05) is 0 Å². The lowest BCUT2D eigenvalue weighted by molar-refractivity contribution is -0.133. The summed E-state index contributed by atoms with van der Waals surface area (Å²) in [5, 5.41) is 3.36. The summed E-state index contributed by atoms with van der Waals surface area (Å²) in [6.45, 7) is 12.0. The molecule has 2 rings (SSSR count).